The van der Waals surface area contributed by atoms with E-state index in [-0.39, 0.29) is 30.1 Å². The molecule has 0 aromatic rings. The number of aliphatic imine (C=N–C) groups is 1. The molecule has 2 fully saturated rings. The summed E-state index contributed by atoms with van der Waals surface area (Å²) in [6.07, 6.45) is 4.12. The third kappa shape index (κ3) is 9.27. The van der Waals surface area contributed by atoms with Crippen molar-refractivity contribution in [3.63, 3.8) is 0 Å². The Labute approximate surface area is 194 Å². The SMILES string of the molecule is CN=C(NCC1CCN(C(=O)OC(C)(C)C)CC1)NC1CCN(C(C)C)CC1.I. The molecule has 2 aliphatic heterocycles. The summed E-state index contributed by atoms with van der Waals surface area (Å²) < 4.78 is 5.47. The molecule has 0 atom stereocenters. The molecule has 7 nitrogen and oxygen atoms in total. The molecule has 0 bridgehead atoms. The number of ether oxygens (including phenoxy) is 1. The Morgan fingerprint density at radius 2 is 1.69 bits per heavy atom. The monoisotopic (exact) mass is 523 g/mol. The highest BCUT2D eigenvalue weighted by molar-refractivity contribution is 14.0. The average molecular weight is 524 g/mol. The van der Waals surface area contributed by atoms with Crippen molar-refractivity contribution in [2.45, 2.75) is 78.0 Å². The van der Waals surface area contributed by atoms with Crippen LogP contribution >= 0.6 is 24.0 Å². The van der Waals surface area contributed by atoms with Crippen molar-refractivity contribution >= 4 is 36.0 Å². The van der Waals surface area contributed by atoms with E-state index in [4.69, 9.17) is 4.74 Å². The number of hydrogen-bond donors (Lipinski definition) is 2. The second-order valence-electron chi connectivity index (χ2n) is 9.41. The van der Waals surface area contributed by atoms with Crippen LogP contribution in [0.4, 0.5) is 4.79 Å². The van der Waals surface area contributed by atoms with Crippen molar-refractivity contribution in [2.24, 2.45) is 10.9 Å². The van der Waals surface area contributed by atoms with E-state index >= 15 is 0 Å². The normalized spacial score (nSPS) is 20.4. The summed E-state index contributed by atoms with van der Waals surface area (Å²) in [6.45, 7) is 15.0. The predicted molar refractivity (Wildman–Crippen MR) is 130 cm³/mol. The number of carbonyl (C=O) groups excluding carboxylic acids is 1. The maximum Gasteiger partial charge on any atom is 0.410 e. The minimum Gasteiger partial charge on any atom is -0.444 e. The fraction of sp³-hybridized carbons (Fsp3) is 0.905. The summed E-state index contributed by atoms with van der Waals surface area (Å²) >= 11 is 0. The van der Waals surface area contributed by atoms with E-state index in [1.54, 1.807) is 0 Å². The van der Waals surface area contributed by atoms with Crippen LogP contribution in [0.1, 0.15) is 60.3 Å². The van der Waals surface area contributed by atoms with Crippen molar-refractivity contribution in [3.05, 3.63) is 0 Å². The number of likely N-dealkylation sites (tertiary alicyclic amines) is 2. The zero-order valence-electron chi connectivity index (χ0n) is 19.2. The molecule has 0 aromatic carbocycles. The highest BCUT2D eigenvalue weighted by atomic mass is 127. The molecule has 2 rings (SSSR count). The van der Waals surface area contributed by atoms with E-state index in [9.17, 15) is 4.79 Å². The van der Waals surface area contributed by atoms with Gasteiger partial charge in [0.1, 0.15) is 5.60 Å². The van der Waals surface area contributed by atoms with Gasteiger partial charge in [0.05, 0.1) is 0 Å². The standard InChI is InChI=1S/C21H41N5O2.HI/c1-16(2)25-13-9-18(10-14-25)24-19(22-6)23-15-17-7-11-26(12-8-17)20(27)28-21(3,4)5;/h16-18H,7-15H2,1-6H3,(H2,22,23,24);1H. The minimum absolute atomic E-state index is 0. The van der Waals surface area contributed by atoms with E-state index in [1.807, 2.05) is 32.7 Å². The number of carbonyl (C=O) groups is 1. The number of halogens is 1. The van der Waals surface area contributed by atoms with Crippen LogP contribution in [0.2, 0.25) is 0 Å². The first kappa shape index (κ1) is 26.3. The number of piperidine rings is 2. The van der Waals surface area contributed by atoms with Crippen molar-refractivity contribution in [1.29, 1.82) is 0 Å². The van der Waals surface area contributed by atoms with Gasteiger partial charge in [-0.15, -0.1) is 24.0 Å². The van der Waals surface area contributed by atoms with Gasteiger partial charge < -0.3 is 25.2 Å². The van der Waals surface area contributed by atoms with E-state index in [1.165, 1.54) is 0 Å². The molecule has 0 aliphatic carbocycles. The maximum atomic E-state index is 12.2. The molecule has 0 spiro atoms. The van der Waals surface area contributed by atoms with Crippen molar-refractivity contribution in [3.8, 4) is 0 Å². The van der Waals surface area contributed by atoms with Crippen LogP contribution in [0.25, 0.3) is 0 Å². The minimum atomic E-state index is -0.432. The molecule has 0 unspecified atom stereocenters. The van der Waals surface area contributed by atoms with Gasteiger partial charge in [0.25, 0.3) is 0 Å². The first-order chi connectivity index (χ1) is 13.2. The van der Waals surface area contributed by atoms with Gasteiger partial charge in [0.2, 0.25) is 0 Å². The summed E-state index contributed by atoms with van der Waals surface area (Å²) in [5.74, 6) is 1.46. The number of hydrogen-bond acceptors (Lipinski definition) is 4. The second kappa shape index (κ2) is 12.2. The summed E-state index contributed by atoms with van der Waals surface area (Å²) in [6, 6.07) is 1.13. The van der Waals surface area contributed by atoms with Crippen molar-refractivity contribution < 1.29 is 9.53 Å². The molecule has 2 heterocycles. The third-order valence-electron chi connectivity index (χ3n) is 5.65. The lowest BCUT2D eigenvalue weighted by atomic mass is 9.97. The fourth-order valence-electron chi connectivity index (χ4n) is 3.84. The van der Waals surface area contributed by atoms with Gasteiger partial charge in [-0.2, -0.15) is 0 Å². The maximum absolute atomic E-state index is 12.2. The Balaban J connectivity index is 0.00000420. The Hall–Kier alpha value is -0.770. The molecule has 2 N–H and O–H groups in total. The van der Waals surface area contributed by atoms with Gasteiger partial charge >= 0.3 is 6.09 Å². The molecule has 1 amide bonds. The van der Waals surface area contributed by atoms with Crippen LogP contribution in [0.15, 0.2) is 4.99 Å². The molecule has 29 heavy (non-hydrogen) atoms. The molecule has 0 aromatic heterocycles. The quantitative estimate of drug-likeness (QED) is 0.336. The van der Waals surface area contributed by atoms with Crippen molar-refractivity contribution in [1.82, 2.24) is 20.4 Å². The molecular formula is C21H42IN5O2. The molecular weight excluding hydrogens is 481 g/mol. The second-order valence-corrected chi connectivity index (χ2v) is 9.41. The first-order valence-electron chi connectivity index (χ1n) is 10.9. The van der Waals surface area contributed by atoms with Gasteiger partial charge in [-0.3, -0.25) is 4.99 Å². The lowest BCUT2D eigenvalue weighted by molar-refractivity contribution is 0.0185. The molecule has 0 saturated carbocycles. The Bertz CT molecular complexity index is 520. The Morgan fingerprint density at radius 3 is 2.17 bits per heavy atom. The predicted octanol–water partition coefficient (Wildman–Crippen LogP) is 3.29. The van der Waals surface area contributed by atoms with Gasteiger partial charge in [0.15, 0.2) is 5.96 Å². The van der Waals surface area contributed by atoms with Crippen LogP contribution in [0.3, 0.4) is 0 Å². The van der Waals surface area contributed by atoms with Crippen molar-refractivity contribution in [2.75, 3.05) is 39.8 Å². The third-order valence-corrected chi connectivity index (χ3v) is 5.65. The van der Waals surface area contributed by atoms with Crippen LogP contribution in [0.5, 0.6) is 0 Å². The zero-order valence-corrected chi connectivity index (χ0v) is 21.5. The largest absolute Gasteiger partial charge is 0.444 e. The lowest BCUT2D eigenvalue weighted by Gasteiger charge is -2.36. The van der Waals surface area contributed by atoms with Gasteiger partial charge in [-0.05, 0) is 66.2 Å². The van der Waals surface area contributed by atoms with Gasteiger partial charge in [-0.1, -0.05) is 0 Å². The number of guanidine groups is 1. The first-order valence-corrected chi connectivity index (χ1v) is 10.9. The van der Waals surface area contributed by atoms with Crippen LogP contribution in [-0.2, 0) is 4.74 Å². The Morgan fingerprint density at radius 1 is 1.10 bits per heavy atom. The smallest absolute Gasteiger partial charge is 0.410 e. The molecule has 8 heteroatoms. The van der Waals surface area contributed by atoms with Crippen LogP contribution in [-0.4, -0.2) is 79.3 Å². The Kier molecular flexibility index (Phi) is 11.0. The summed E-state index contributed by atoms with van der Waals surface area (Å²) in [5, 5.41) is 7.08. The van der Waals surface area contributed by atoms with Crippen LogP contribution in [0, 0.1) is 5.92 Å². The number of rotatable bonds is 4. The highest BCUT2D eigenvalue weighted by Crippen LogP contribution is 2.19. The number of amides is 1. The van der Waals surface area contributed by atoms with E-state index < -0.39 is 5.60 Å². The van der Waals surface area contributed by atoms with Gasteiger partial charge in [-0.25, -0.2) is 4.79 Å². The summed E-state index contributed by atoms with van der Waals surface area (Å²) in [4.78, 5) is 20.9. The summed E-state index contributed by atoms with van der Waals surface area (Å²) in [5.41, 5.74) is -0.432. The average Bonchev–Trinajstić information content (AvgIpc) is 2.64. The van der Waals surface area contributed by atoms with Crippen LogP contribution < -0.4 is 10.6 Å². The zero-order chi connectivity index (χ0) is 20.7. The number of nitrogens with zero attached hydrogens (tertiary/aromatic N) is 3. The highest BCUT2D eigenvalue weighted by Gasteiger charge is 2.27. The van der Waals surface area contributed by atoms with E-state index in [0.29, 0.717) is 18.0 Å². The number of nitrogens with one attached hydrogen (secondary N) is 2. The summed E-state index contributed by atoms with van der Waals surface area (Å²) in [7, 11) is 1.84. The molecule has 0 radical (unpaired) electrons. The van der Waals surface area contributed by atoms with E-state index in [2.05, 4.69) is 34.4 Å². The molecule has 2 aliphatic rings. The molecule has 2 saturated heterocycles. The lowest BCUT2D eigenvalue weighted by Crippen LogP contribution is -2.51. The van der Waals surface area contributed by atoms with E-state index in [0.717, 1.165) is 64.4 Å². The fourth-order valence-corrected chi connectivity index (χ4v) is 3.84. The molecule has 170 valence electrons. The van der Waals surface area contributed by atoms with Gasteiger partial charge in [0, 0.05) is 51.9 Å². The topological polar surface area (TPSA) is 69.2 Å².